The van der Waals surface area contributed by atoms with Gasteiger partial charge in [-0.3, -0.25) is 0 Å². The van der Waals surface area contributed by atoms with E-state index >= 15 is 0 Å². The molecule has 0 aromatic rings. The van der Waals surface area contributed by atoms with Crippen molar-refractivity contribution in [3.8, 4) is 0 Å². The first-order valence-electron chi connectivity index (χ1n) is 5.61. The monoisotopic (exact) mass is 202 g/mol. The van der Waals surface area contributed by atoms with Crippen LogP contribution in [0.4, 0.5) is 0 Å². The molecule has 0 rings (SSSR count). The van der Waals surface area contributed by atoms with E-state index < -0.39 is 0 Å². The van der Waals surface area contributed by atoms with Crippen molar-refractivity contribution in [2.45, 2.75) is 32.7 Å². The Hall–Kier alpha value is -0.120. The zero-order valence-corrected chi connectivity index (χ0v) is 10.2. The summed E-state index contributed by atoms with van der Waals surface area (Å²) in [6, 6.07) is 0.641. The molecule has 0 radical (unpaired) electrons. The molecule has 0 saturated carbocycles. The van der Waals surface area contributed by atoms with Crippen LogP contribution in [0.15, 0.2) is 0 Å². The molecule has 3 heteroatoms. The highest BCUT2D eigenvalue weighted by atomic mass is 16.5. The summed E-state index contributed by atoms with van der Waals surface area (Å²) in [6.45, 7) is 8.62. The van der Waals surface area contributed by atoms with Gasteiger partial charge in [0.1, 0.15) is 0 Å². The van der Waals surface area contributed by atoms with Crippen LogP contribution in [0.5, 0.6) is 0 Å². The van der Waals surface area contributed by atoms with Crippen molar-refractivity contribution in [3.63, 3.8) is 0 Å². The number of ether oxygens (including phenoxy) is 1. The van der Waals surface area contributed by atoms with Gasteiger partial charge in [0.15, 0.2) is 0 Å². The Balaban J connectivity index is 3.21. The minimum absolute atomic E-state index is 0.641. The fourth-order valence-electron chi connectivity index (χ4n) is 1.24. The van der Waals surface area contributed by atoms with Crippen molar-refractivity contribution in [3.05, 3.63) is 0 Å². The van der Waals surface area contributed by atoms with Crippen molar-refractivity contribution in [1.29, 1.82) is 0 Å². The molecule has 0 amide bonds. The Morgan fingerprint density at radius 1 is 1.36 bits per heavy atom. The highest BCUT2D eigenvalue weighted by molar-refractivity contribution is 4.60. The molecule has 0 aromatic carbocycles. The molecule has 0 bridgehead atoms. The summed E-state index contributed by atoms with van der Waals surface area (Å²) in [7, 11) is 3.92. The highest BCUT2D eigenvalue weighted by Crippen LogP contribution is 1.89. The summed E-state index contributed by atoms with van der Waals surface area (Å²) in [4.78, 5) is 2.34. The molecule has 0 heterocycles. The fraction of sp³-hybridized carbons (Fsp3) is 1.00. The van der Waals surface area contributed by atoms with E-state index in [9.17, 15) is 0 Å². The third-order valence-corrected chi connectivity index (χ3v) is 2.49. The molecular formula is C11H26N2O. The Bertz CT molecular complexity index is 120. The van der Waals surface area contributed by atoms with E-state index in [1.807, 2.05) is 0 Å². The average Bonchev–Trinajstić information content (AvgIpc) is 2.18. The van der Waals surface area contributed by atoms with Crippen molar-refractivity contribution in [2.75, 3.05) is 40.4 Å². The summed E-state index contributed by atoms with van der Waals surface area (Å²) < 4.78 is 5.01. The molecular weight excluding hydrogens is 176 g/mol. The summed E-state index contributed by atoms with van der Waals surface area (Å²) in [5.74, 6) is 0. The van der Waals surface area contributed by atoms with Crippen LogP contribution in [0.2, 0.25) is 0 Å². The second kappa shape index (κ2) is 9.44. The first kappa shape index (κ1) is 13.9. The molecule has 1 unspecified atom stereocenters. The van der Waals surface area contributed by atoms with Gasteiger partial charge in [-0.1, -0.05) is 6.92 Å². The number of rotatable bonds is 9. The molecule has 1 N–H and O–H groups in total. The molecule has 0 aromatic heterocycles. The van der Waals surface area contributed by atoms with Crippen LogP contribution in [0.3, 0.4) is 0 Å². The minimum Gasteiger partial charge on any atom is -0.385 e. The molecule has 14 heavy (non-hydrogen) atoms. The topological polar surface area (TPSA) is 24.5 Å². The third kappa shape index (κ3) is 8.48. The van der Waals surface area contributed by atoms with Crippen LogP contribution in [-0.4, -0.2) is 51.3 Å². The van der Waals surface area contributed by atoms with Crippen LogP contribution in [0.1, 0.15) is 26.7 Å². The number of hydrogen-bond acceptors (Lipinski definition) is 3. The predicted octanol–water partition coefficient (Wildman–Crippen LogP) is 1.34. The summed E-state index contributed by atoms with van der Waals surface area (Å²) >= 11 is 0. The van der Waals surface area contributed by atoms with Crippen LogP contribution in [0.25, 0.3) is 0 Å². The lowest BCUT2D eigenvalue weighted by Crippen LogP contribution is -2.34. The van der Waals surface area contributed by atoms with Gasteiger partial charge in [-0.05, 0) is 26.8 Å². The molecule has 1 atom stereocenters. The van der Waals surface area contributed by atoms with Gasteiger partial charge in [0.25, 0.3) is 0 Å². The van der Waals surface area contributed by atoms with E-state index in [0.29, 0.717) is 6.04 Å². The van der Waals surface area contributed by atoms with Gasteiger partial charge >= 0.3 is 0 Å². The Kier molecular flexibility index (Phi) is 9.35. The molecule has 86 valence electrons. The van der Waals surface area contributed by atoms with E-state index in [2.05, 4.69) is 31.1 Å². The Morgan fingerprint density at radius 2 is 2.07 bits per heavy atom. The van der Waals surface area contributed by atoms with E-state index in [1.54, 1.807) is 7.11 Å². The molecule has 0 spiro atoms. The van der Waals surface area contributed by atoms with Crippen molar-refractivity contribution < 1.29 is 4.74 Å². The number of hydrogen-bond donors (Lipinski definition) is 1. The molecule has 3 nitrogen and oxygen atoms in total. The van der Waals surface area contributed by atoms with Crippen LogP contribution < -0.4 is 5.32 Å². The van der Waals surface area contributed by atoms with E-state index in [1.165, 1.54) is 6.42 Å². The van der Waals surface area contributed by atoms with Crippen LogP contribution in [-0.2, 0) is 4.74 Å². The lowest BCUT2D eigenvalue weighted by atomic mass is 10.2. The van der Waals surface area contributed by atoms with Crippen molar-refractivity contribution in [1.82, 2.24) is 10.2 Å². The van der Waals surface area contributed by atoms with Crippen molar-refractivity contribution >= 4 is 0 Å². The quantitative estimate of drug-likeness (QED) is 0.571. The maximum Gasteiger partial charge on any atom is 0.0474 e. The van der Waals surface area contributed by atoms with Gasteiger partial charge < -0.3 is 15.0 Å². The molecule has 0 aliphatic carbocycles. The number of methoxy groups -OCH3 is 1. The van der Waals surface area contributed by atoms with Gasteiger partial charge in [0, 0.05) is 39.4 Å². The number of nitrogens with zero attached hydrogens (tertiary/aromatic N) is 1. The highest BCUT2D eigenvalue weighted by Gasteiger charge is 1.99. The van der Waals surface area contributed by atoms with Crippen LogP contribution >= 0.6 is 0 Å². The Morgan fingerprint density at radius 3 is 2.64 bits per heavy atom. The predicted molar refractivity (Wildman–Crippen MR) is 61.7 cm³/mol. The summed E-state index contributed by atoms with van der Waals surface area (Å²) in [6.07, 6.45) is 2.32. The van der Waals surface area contributed by atoms with Gasteiger partial charge in [0.2, 0.25) is 0 Å². The maximum atomic E-state index is 5.01. The number of likely N-dealkylation sites (N-methyl/N-ethyl adjacent to an activating group) is 1. The second-order valence-corrected chi connectivity index (χ2v) is 3.91. The lowest BCUT2D eigenvalue weighted by molar-refractivity contribution is 0.179. The Labute approximate surface area is 88.8 Å². The molecule has 0 fully saturated rings. The van der Waals surface area contributed by atoms with Gasteiger partial charge in [-0.2, -0.15) is 0 Å². The standard InChI is InChI=1S/C11H26N2O/c1-5-11(2)12-7-9-13(3)8-6-10-14-4/h11-12H,5-10H2,1-4H3. The van der Waals surface area contributed by atoms with Gasteiger partial charge in [0.05, 0.1) is 0 Å². The van der Waals surface area contributed by atoms with Gasteiger partial charge in [-0.15, -0.1) is 0 Å². The second-order valence-electron chi connectivity index (χ2n) is 3.91. The zero-order chi connectivity index (χ0) is 10.8. The smallest absolute Gasteiger partial charge is 0.0474 e. The maximum absolute atomic E-state index is 5.01. The van der Waals surface area contributed by atoms with E-state index in [-0.39, 0.29) is 0 Å². The largest absolute Gasteiger partial charge is 0.385 e. The van der Waals surface area contributed by atoms with E-state index in [0.717, 1.165) is 32.7 Å². The normalized spacial score (nSPS) is 13.5. The van der Waals surface area contributed by atoms with Crippen LogP contribution in [0, 0.1) is 0 Å². The SMILES string of the molecule is CCC(C)NCCN(C)CCCOC. The average molecular weight is 202 g/mol. The molecule has 0 saturated heterocycles. The fourth-order valence-corrected chi connectivity index (χ4v) is 1.24. The lowest BCUT2D eigenvalue weighted by Gasteiger charge is -2.18. The first-order chi connectivity index (χ1) is 6.70. The molecule has 0 aliphatic rings. The first-order valence-corrected chi connectivity index (χ1v) is 5.61. The summed E-state index contributed by atoms with van der Waals surface area (Å²) in [5.41, 5.74) is 0. The molecule has 0 aliphatic heterocycles. The number of nitrogens with one attached hydrogen (secondary N) is 1. The summed E-state index contributed by atoms with van der Waals surface area (Å²) in [5, 5.41) is 3.48. The van der Waals surface area contributed by atoms with E-state index in [4.69, 9.17) is 4.74 Å². The minimum atomic E-state index is 0.641. The zero-order valence-electron chi connectivity index (χ0n) is 10.2. The third-order valence-electron chi connectivity index (χ3n) is 2.49. The van der Waals surface area contributed by atoms with Gasteiger partial charge in [-0.25, -0.2) is 0 Å². The van der Waals surface area contributed by atoms with Crippen molar-refractivity contribution in [2.24, 2.45) is 0 Å².